The molecular weight excluding hydrogens is 304 g/mol. The van der Waals surface area contributed by atoms with Gasteiger partial charge in [0.15, 0.2) is 0 Å². The van der Waals surface area contributed by atoms with Crippen molar-refractivity contribution >= 4 is 16.8 Å². The number of hydrogen-bond donors (Lipinski definition) is 0. The molecule has 1 aliphatic heterocycles. The van der Waals surface area contributed by atoms with Crippen molar-refractivity contribution in [2.45, 2.75) is 38.0 Å². The fourth-order valence-corrected chi connectivity index (χ4v) is 3.99. The van der Waals surface area contributed by atoms with Gasteiger partial charge in [0, 0.05) is 24.7 Å². The van der Waals surface area contributed by atoms with Crippen LogP contribution in [0.25, 0.3) is 10.9 Å². The number of fused-ring (bicyclic) bond motifs is 3. The Balaban J connectivity index is 1.70. The molecule has 2 fully saturated rings. The molecule has 1 amide bonds. The zero-order chi connectivity index (χ0) is 16.5. The Hall–Kier alpha value is -1.98. The van der Waals surface area contributed by atoms with Crippen LogP contribution in [0.1, 0.15) is 30.1 Å². The average molecular weight is 326 g/mol. The van der Waals surface area contributed by atoms with Crippen molar-refractivity contribution < 1.29 is 14.3 Å². The molecule has 1 aromatic heterocycles. The van der Waals surface area contributed by atoms with Crippen LogP contribution in [0.3, 0.4) is 0 Å². The van der Waals surface area contributed by atoms with Crippen LogP contribution in [-0.4, -0.2) is 53.8 Å². The van der Waals surface area contributed by atoms with Crippen molar-refractivity contribution in [2.24, 2.45) is 0 Å². The highest BCUT2D eigenvalue weighted by molar-refractivity contribution is 6.06. The maximum absolute atomic E-state index is 13.3. The molecule has 3 atom stereocenters. The van der Waals surface area contributed by atoms with Crippen LogP contribution < -0.4 is 0 Å². The lowest BCUT2D eigenvalue weighted by Crippen LogP contribution is -2.46. The molecule has 24 heavy (non-hydrogen) atoms. The average Bonchev–Trinajstić information content (AvgIpc) is 2.90. The molecule has 1 saturated heterocycles. The van der Waals surface area contributed by atoms with Crippen LogP contribution in [-0.2, 0) is 9.47 Å². The van der Waals surface area contributed by atoms with Crippen molar-refractivity contribution in [3.05, 3.63) is 42.1 Å². The summed E-state index contributed by atoms with van der Waals surface area (Å²) < 4.78 is 11.9. The van der Waals surface area contributed by atoms with E-state index >= 15 is 0 Å². The summed E-state index contributed by atoms with van der Waals surface area (Å²) in [5.41, 5.74) is 1.56. The topological polar surface area (TPSA) is 51.7 Å². The quantitative estimate of drug-likeness (QED) is 0.870. The summed E-state index contributed by atoms with van der Waals surface area (Å²) in [4.78, 5) is 19.6. The fraction of sp³-hybridized carbons (Fsp3) is 0.474. The molecule has 5 nitrogen and oxygen atoms in total. The van der Waals surface area contributed by atoms with Crippen LogP contribution in [0.5, 0.6) is 0 Å². The van der Waals surface area contributed by atoms with Gasteiger partial charge >= 0.3 is 0 Å². The molecular formula is C19H22N2O3. The van der Waals surface area contributed by atoms with Crippen LogP contribution in [0.15, 0.2) is 36.5 Å². The van der Waals surface area contributed by atoms with Gasteiger partial charge in [0.2, 0.25) is 0 Å². The first-order chi connectivity index (χ1) is 11.8. The third-order valence-electron chi connectivity index (χ3n) is 5.06. The fourth-order valence-electron chi connectivity index (χ4n) is 3.99. The minimum Gasteiger partial charge on any atom is -0.374 e. The molecule has 126 valence electrons. The van der Waals surface area contributed by atoms with Crippen molar-refractivity contribution in [2.75, 3.05) is 19.8 Å². The zero-order valence-corrected chi connectivity index (χ0v) is 13.9. The molecule has 2 heterocycles. The Morgan fingerprint density at radius 1 is 1.33 bits per heavy atom. The smallest absolute Gasteiger partial charge is 0.255 e. The Morgan fingerprint density at radius 3 is 3.08 bits per heavy atom. The van der Waals surface area contributed by atoms with Crippen LogP contribution in [0.4, 0.5) is 0 Å². The maximum atomic E-state index is 13.3. The van der Waals surface area contributed by atoms with Crippen molar-refractivity contribution in [3.8, 4) is 0 Å². The summed E-state index contributed by atoms with van der Waals surface area (Å²) >= 11 is 0. The van der Waals surface area contributed by atoms with Gasteiger partial charge in [-0.3, -0.25) is 9.78 Å². The number of para-hydroxylation sites is 1. The van der Waals surface area contributed by atoms with Gasteiger partial charge in [-0.25, -0.2) is 0 Å². The molecule has 0 N–H and O–H groups in total. The Labute approximate surface area is 141 Å². The summed E-state index contributed by atoms with van der Waals surface area (Å²) in [6, 6.07) is 9.69. The highest BCUT2D eigenvalue weighted by Crippen LogP contribution is 2.33. The summed E-state index contributed by atoms with van der Waals surface area (Å²) in [6.07, 6.45) is 3.69. The van der Waals surface area contributed by atoms with E-state index in [9.17, 15) is 4.79 Å². The lowest BCUT2D eigenvalue weighted by molar-refractivity contribution is -0.0484. The number of ether oxygens (including phenoxy) is 2. The predicted molar refractivity (Wildman–Crippen MR) is 91.0 cm³/mol. The summed E-state index contributed by atoms with van der Waals surface area (Å²) in [6.45, 7) is 3.81. The highest BCUT2D eigenvalue weighted by Gasteiger charge is 2.44. The first-order valence-corrected chi connectivity index (χ1v) is 8.67. The van der Waals surface area contributed by atoms with E-state index in [0.29, 0.717) is 25.3 Å². The standard InChI is InChI=1S/C19H22N2O3/c1-2-23-18-16-7-8-17(18)24-12-11-21(16)19(22)14-9-10-20-15-6-4-3-5-13(14)15/h3-6,9-10,16-18H,2,7-8,11-12H2,1H3. The molecule has 5 heteroatoms. The number of pyridine rings is 1. The number of nitrogens with zero attached hydrogens (tertiary/aromatic N) is 2. The first-order valence-electron chi connectivity index (χ1n) is 8.67. The number of carbonyl (C=O) groups excluding carboxylic acids is 1. The van der Waals surface area contributed by atoms with Crippen LogP contribution in [0.2, 0.25) is 0 Å². The first kappa shape index (κ1) is 15.5. The van der Waals surface area contributed by atoms with Gasteiger partial charge in [-0.2, -0.15) is 0 Å². The van der Waals surface area contributed by atoms with Crippen molar-refractivity contribution in [1.29, 1.82) is 0 Å². The Bertz CT molecular complexity index is 743. The minimum atomic E-state index is -0.0189. The largest absolute Gasteiger partial charge is 0.374 e. The molecule has 0 spiro atoms. The molecule has 4 rings (SSSR count). The SMILES string of the molecule is CCOC1C2CCC1N(C(=O)c1ccnc3ccccc13)CCO2. The van der Waals surface area contributed by atoms with E-state index in [1.165, 1.54) is 0 Å². The number of rotatable bonds is 3. The van der Waals surface area contributed by atoms with Crippen LogP contribution in [0, 0.1) is 0 Å². The molecule has 2 aliphatic rings. The number of aromatic nitrogens is 1. The molecule has 2 bridgehead atoms. The summed E-state index contributed by atoms with van der Waals surface area (Å²) in [7, 11) is 0. The number of carbonyl (C=O) groups is 1. The summed E-state index contributed by atoms with van der Waals surface area (Å²) in [5, 5.41) is 0.901. The lowest BCUT2D eigenvalue weighted by Gasteiger charge is -2.31. The van der Waals surface area contributed by atoms with Crippen molar-refractivity contribution in [3.63, 3.8) is 0 Å². The van der Waals surface area contributed by atoms with Crippen molar-refractivity contribution in [1.82, 2.24) is 9.88 Å². The van der Waals surface area contributed by atoms with E-state index in [-0.39, 0.29) is 24.2 Å². The minimum absolute atomic E-state index is 0.0189. The molecule has 0 radical (unpaired) electrons. The van der Waals surface area contributed by atoms with E-state index in [0.717, 1.165) is 23.7 Å². The van der Waals surface area contributed by atoms with Gasteiger partial charge in [0.1, 0.15) is 6.10 Å². The van der Waals surface area contributed by atoms with Gasteiger partial charge in [-0.1, -0.05) is 18.2 Å². The van der Waals surface area contributed by atoms with Gasteiger partial charge in [-0.05, 0) is 31.9 Å². The Kier molecular flexibility index (Phi) is 4.21. The second-order valence-corrected chi connectivity index (χ2v) is 6.35. The number of benzene rings is 1. The lowest BCUT2D eigenvalue weighted by atomic mass is 10.1. The number of hydrogen-bond acceptors (Lipinski definition) is 4. The van der Waals surface area contributed by atoms with Gasteiger partial charge < -0.3 is 14.4 Å². The van der Waals surface area contributed by atoms with E-state index in [1.54, 1.807) is 6.20 Å². The second-order valence-electron chi connectivity index (χ2n) is 6.35. The zero-order valence-electron chi connectivity index (χ0n) is 13.9. The Morgan fingerprint density at radius 2 is 2.21 bits per heavy atom. The molecule has 1 aliphatic carbocycles. The molecule has 1 saturated carbocycles. The number of amides is 1. The van der Waals surface area contributed by atoms with Gasteiger partial charge in [-0.15, -0.1) is 0 Å². The van der Waals surface area contributed by atoms with Gasteiger partial charge in [0.25, 0.3) is 5.91 Å². The van der Waals surface area contributed by atoms with Crippen LogP contribution >= 0.6 is 0 Å². The normalized spacial score (nSPS) is 26.5. The second kappa shape index (κ2) is 6.49. The van der Waals surface area contributed by atoms with Gasteiger partial charge in [0.05, 0.1) is 29.8 Å². The summed E-state index contributed by atoms with van der Waals surface area (Å²) in [5.74, 6) is 0.0504. The molecule has 2 aromatic rings. The third kappa shape index (κ3) is 2.58. The monoisotopic (exact) mass is 326 g/mol. The predicted octanol–water partition coefficient (Wildman–Crippen LogP) is 2.64. The van der Waals surface area contributed by atoms with E-state index in [1.807, 2.05) is 42.2 Å². The van der Waals surface area contributed by atoms with E-state index < -0.39 is 0 Å². The molecule has 3 unspecified atom stereocenters. The highest BCUT2D eigenvalue weighted by atomic mass is 16.5. The van der Waals surface area contributed by atoms with E-state index in [2.05, 4.69) is 4.98 Å². The van der Waals surface area contributed by atoms with E-state index in [4.69, 9.17) is 9.47 Å². The third-order valence-corrected chi connectivity index (χ3v) is 5.06. The molecule has 1 aromatic carbocycles. The maximum Gasteiger partial charge on any atom is 0.255 e.